The van der Waals surface area contributed by atoms with Gasteiger partial charge in [-0.25, -0.2) is 4.39 Å². The monoisotopic (exact) mass is 364 g/mol. The summed E-state index contributed by atoms with van der Waals surface area (Å²) in [5, 5.41) is 0. The Kier molecular flexibility index (Phi) is 5.83. The van der Waals surface area contributed by atoms with Crippen molar-refractivity contribution in [3.63, 3.8) is 0 Å². The highest BCUT2D eigenvalue weighted by Crippen LogP contribution is 2.16. The fourth-order valence-electron chi connectivity index (χ4n) is 1.85. The maximum absolute atomic E-state index is 13.6. The molecule has 0 saturated heterocycles. The lowest BCUT2D eigenvalue weighted by molar-refractivity contribution is -0.144. The van der Waals surface area contributed by atoms with Gasteiger partial charge in [0.1, 0.15) is 12.4 Å². The van der Waals surface area contributed by atoms with E-state index in [0.717, 1.165) is 0 Å². The van der Waals surface area contributed by atoms with Crippen LogP contribution in [0, 0.1) is 5.82 Å². The fraction of sp³-hybridized carbons (Fsp3) is 0.176. The molecule has 0 fully saturated rings. The van der Waals surface area contributed by atoms with E-state index in [1.807, 2.05) is 6.07 Å². The minimum Gasteiger partial charge on any atom is -0.461 e. The highest BCUT2D eigenvalue weighted by Gasteiger charge is 2.11. The van der Waals surface area contributed by atoms with Crippen molar-refractivity contribution in [2.75, 3.05) is 0 Å². The van der Waals surface area contributed by atoms with Crippen molar-refractivity contribution in [3.8, 4) is 0 Å². The second-order valence-electron chi connectivity index (χ2n) is 4.69. The zero-order valence-electron chi connectivity index (χ0n) is 11.7. The molecule has 0 radical (unpaired) electrons. The minimum absolute atomic E-state index is 0.0219. The van der Waals surface area contributed by atoms with E-state index in [1.165, 1.54) is 6.07 Å². The topological polar surface area (TPSA) is 43.4 Å². The molecule has 114 valence electrons. The highest BCUT2D eigenvalue weighted by atomic mass is 79.9. The van der Waals surface area contributed by atoms with Crippen LogP contribution >= 0.6 is 15.9 Å². The number of ether oxygens (including phenoxy) is 1. The fourth-order valence-corrected chi connectivity index (χ4v) is 2.19. The van der Waals surface area contributed by atoms with Gasteiger partial charge in [-0.05, 0) is 12.1 Å². The molecule has 0 aliphatic carbocycles. The van der Waals surface area contributed by atoms with Crippen molar-refractivity contribution in [2.24, 2.45) is 0 Å². The first-order valence-corrected chi connectivity index (χ1v) is 7.53. The van der Waals surface area contributed by atoms with E-state index in [2.05, 4.69) is 15.9 Å². The summed E-state index contributed by atoms with van der Waals surface area (Å²) in [4.78, 5) is 23.5. The number of Topliss-reactive ketones (excluding diaryl/α,β-unsaturated/α-hetero) is 1. The van der Waals surface area contributed by atoms with Crippen LogP contribution in [0.15, 0.2) is 53.0 Å². The van der Waals surface area contributed by atoms with E-state index in [9.17, 15) is 14.0 Å². The molecule has 0 aromatic heterocycles. The first kappa shape index (κ1) is 16.4. The average Bonchev–Trinajstić information content (AvgIpc) is 2.52. The Bertz CT molecular complexity index is 671. The largest absolute Gasteiger partial charge is 0.461 e. The summed E-state index contributed by atoms with van der Waals surface area (Å²) in [6.45, 7) is -0.141. The number of ketones is 1. The SMILES string of the molecule is O=C(CCC(=O)c1ccccc1)OCc1ccc(Br)cc1F. The summed E-state index contributed by atoms with van der Waals surface area (Å²) < 4.78 is 19.2. The van der Waals surface area contributed by atoms with Gasteiger partial charge in [0.25, 0.3) is 0 Å². The van der Waals surface area contributed by atoms with Crippen LogP contribution in [0.2, 0.25) is 0 Å². The van der Waals surface area contributed by atoms with Crippen LogP contribution in [0.4, 0.5) is 4.39 Å². The van der Waals surface area contributed by atoms with E-state index >= 15 is 0 Å². The molecule has 2 aromatic rings. The predicted molar refractivity (Wildman–Crippen MR) is 83.9 cm³/mol. The van der Waals surface area contributed by atoms with Crippen molar-refractivity contribution in [2.45, 2.75) is 19.4 Å². The number of benzene rings is 2. The summed E-state index contributed by atoms with van der Waals surface area (Å²) in [6.07, 6.45) is 0.0531. The van der Waals surface area contributed by atoms with Gasteiger partial charge in [-0.1, -0.05) is 52.3 Å². The average molecular weight is 365 g/mol. The van der Waals surface area contributed by atoms with Crippen LogP contribution in [0.5, 0.6) is 0 Å². The molecule has 0 atom stereocenters. The second-order valence-corrected chi connectivity index (χ2v) is 5.60. The van der Waals surface area contributed by atoms with Gasteiger partial charge in [0.15, 0.2) is 5.78 Å². The first-order chi connectivity index (χ1) is 10.6. The number of carbonyl (C=O) groups is 2. The van der Waals surface area contributed by atoms with E-state index in [0.29, 0.717) is 15.6 Å². The molecule has 0 heterocycles. The summed E-state index contributed by atoms with van der Waals surface area (Å²) in [7, 11) is 0. The maximum Gasteiger partial charge on any atom is 0.306 e. The molecule has 0 N–H and O–H groups in total. The zero-order valence-corrected chi connectivity index (χ0v) is 13.3. The quantitative estimate of drug-likeness (QED) is 0.567. The van der Waals surface area contributed by atoms with Crippen LogP contribution in [0.25, 0.3) is 0 Å². The Labute approximate surface area is 136 Å². The maximum atomic E-state index is 13.6. The van der Waals surface area contributed by atoms with Gasteiger partial charge in [-0.15, -0.1) is 0 Å². The smallest absolute Gasteiger partial charge is 0.306 e. The predicted octanol–water partition coefficient (Wildman–Crippen LogP) is 4.29. The molecular weight excluding hydrogens is 351 g/mol. The van der Waals surface area contributed by atoms with Gasteiger partial charge in [-0.2, -0.15) is 0 Å². The summed E-state index contributed by atoms with van der Waals surface area (Å²) in [5.41, 5.74) is 0.861. The van der Waals surface area contributed by atoms with Crippen LogP contribution < -0.4 is 0 Å². The third kappa shape index (κ3) is 4.77. The lowest BCUT2D eigenvalue weighted by Gasteiger charge is -2.06. The first-order valence-electron chi connectivity index (χ1n) is 6.74. The molecule has 0 spiro atoms. The highest BCUT2D eigenvalue weighted by molar-refractivity contribution is 9.10. The Hall–Kier alpha value is -2.01. The molecule has 0 amide bonds. The van der Waals surface area contributed by atoms with Gasteiger partial charge in [0.2, 0.25) is 0 Å². The Balaban J connectivity index is 1.80. The molecule has 0 bridgehead atoms. The molecular formula is C17H14BrFO3. The van der Waals surface area contributed by atoms with E-state index in [1.54, 1.807) is 36.4 Å². The lowest BCUT2D eigenvalue weighted by Crippen LogP contribution is -2.09. The molecule has 2 rings (SSSR count). The zero-order chi connectivity index (χ0) is 15.9. The lowest BCUT2D eigenvalue weighted by atomic mass is 10.1. The molecule has 5 heteroatoms. The van der Waals surface area contributed by atoms with Crippen molar-refractivity contribution >= 4 is 27.7 Å². The number of carbonyl (C=O) groups excluding carboxylic acids is 2. The number of hydrogen-bond acceptors (Lipinski definition) is 3. The standard InChI is InChI=1S/C17H14BrFO3/c18-14-7-6-13(15(19)10-14)11-22-17(21)9-8-16(20)12-4-2-1-3-5-12/h1-7,10H,8-9,11H2. The van der Waals surface area contributed by atoms with E-state index in [4.69, 9.17) is 4.74 Å². The molecule has 2 aromatic carbocycles. The van der Waals surface area contributed by atoms with Gasteiger partial charge < -0.3 is 4.74 Å². The van der Waals surface area contributed by atoms with E-state index in [-0.39, 0.29) is 25.2 Å². The van der Waals surface area contributed by atoms with Crippen molar-refractivity contribution in [1.29, 1.82) is 0 Å². The van der Waals surface area contributed by atoms with Gasteiger partial charge in [0, 0.05) is 22.0 Å². The Morgan fingerprint density at radius 1 is 1.05 bits per heavy atom. The minimum atomic E-state index is -0.522. The van der Waals surface area contributed by atoms with Gasteiger partial charge in [-0.3, -0.25) is 9.59 Å². The van der Waals surface area contributed by atoms with Crippen LogP contribution in [-0.4, -0.2) is 11.8 Å². The summed E-state index contributed by atoms with van der Waals surface area (Å²) in [6, 6.07) is 13.3. The van der Waals surface area contributed by atoms with Crippen LogP contribution in [0.1, 0.15) is 28.8 Å². The van der Waals surface area contributed by atoms with E-state index < -0.39 is 11.8 Å². The second kappa shape index (κ2) is 7.84. The molecule has 3 nitrogen and oxygen atoms in total. The number of esters is 1. The van der Waals surface area contributed by atoms with Crippen molar-refractivity contribution in [1.82, 2.24) is 0 Å². The van der Waals surface area contributed by atoms with Crippen LogP contribution in [-0.2, 0) is 16.1 Å². The molecule has 0 unspecified atom stereocenters. The Morgan fingerprint density at radius 2 is 1.77 bits per heavy atom. The third-order valence-corrected chi connectivity index (χ3v) is 3.55. The molecule has 0 aliphatic heterocycles. The molecule has 22 heavy (non-hydrogen) atoms. The van der Waals surface area contributed by atoms with Gasteiger partial charge in [0.05, 0.1) is 6.42 Å². The van der Waals surface area contributed by atoms with Crippen LogP contribution in [0.3, 0.4) is 0 Å². The summed E-state index contributed by atoms with van der Waals surface area (Å²) >= 11 is 3.15. The number of halogens is 2. The molecule has 0 saturated carbocycles. The normalized spacial score (nSPS) is 10.3. The van der Waals surface area contributed by atoms with Crippen molar-refractivity contribution in [3.05, 3.63) is 69.9 Å². The number of rotatable bonds is 6. The van der Waals surface area contributed by atoms with Crippen molar-refractivity contribution < 1.29 is 18.7 Å². The number of hydrogen-bond donors (Lipinski definition) is 0. The molecule has 0 aliphatic rings. The van der Waals surface area contributed by atoms with Gasteiger partial charge >= 0.3 is 5.97 Å². The third-order valence-electron chi connectivity index (χ3n) is 3.06. The Morgan fingerprint density at radius 3 is 2.45 bits per heavy atom. The summed E-state index contributed by atoms with van der Waals surface area (Å²) in [5.74, 6) is -1.08.